The molecule has 0 saturated heterocycles. The van der Waals surface area contributed by atoms with E-state index in [0.29, 0.717) is 34.6 Å². The fraction of sp³-hybridized carbons (Fsp3) is 0.227. The van der Waals surface area contributed by atoms with Gasteiger partial charge in [0.15, 0.2) is 0 Å². The van der Waals surface area contributed by atoms with E-state index in [2.05, 4.69) is 15.3 Å². The van der Waals surface area contributed by atoms with E-state index in [1.165, 1.54) is 0 Å². The van der Waals surface area contributed by atoms with Gasteiger partial charge < -0.3 is 13.8 Å². The molecular weight excluding hydrogens is 420 g/mol. The first kappa shape index (κ1) is 20.7. The van der Waals surface area contributed by atoms with Crippen LogP contribution in [0.2, 0.25) is 5.02 Å². The van der Waals surface area contributed by atoms with E-state index in [1.54, 1.807) is 12.1 Å². The van der Waals surface area contributed by atoms with Crippen LogP contribution in [0.1, 0.15) is 20.3 Å². The Balaban J connectivity index is 1.57. The number of hydrogen-bond donors (Lipinski definition) is 0. The molecule has 158 valence electrons. The number of nitrogens with zero attached hydrogens (tertiary/aromatic N) is 4. The lowest BCUT2D eigenvalue weighted by molar-refractivity contribution is -0.118. The lowest BCUT2D eigenvalue weighted by atomic mass is 10.1. The summed E-state index contributed by atoms with van der Waals surface area (Å²) in [6.07, 6.45) is 1.94. The molecule has 0 bridgehead atoms. The zero-order valence-corrected chi connectivity index (χ0v) is 17.7. The van der Waals surface area contributed by atoms with Gasteiger partial charge in [-0.15, -0.1) is 4.91 Å². The van der Waals surface area contributed by atoms with E-state index in [9.17, 15) is 9.70 Å². The molecule has 0 unspecified atom stereocenters. The third-order valence-electron chi connectivity index (χ3n) is 4.67. The van der Waals surface area contributed by atoms with Crippen LogP contribution in [-0.2, 0) is 11.3 Å². The number of halogens is 1. The molecule has 0 spiro atoms. The highest BCUT2D eigenvalue weighted by molar-refractivity contribution is 6.32. The van der Waals surface area contributed by atoms with E-state index >= 15 is 0 Å². The van der Waals surface area contributed by atoms with Crippen molar-refractivity contribution in [3.8, 4) is 28.6 Å². The van der Waals surface area contributed by atoms with Crippen LogP contribution in [-0.4, -0.2) is 26.7 Å². The van der Waals surface area contributed by atoms with Crippen molar-refractivity contribution in [1.29, 1.82) is 0 Å². The Morgan fingerprint density at radius 3 is 2.74 bits per heavy atom. The lowest BCUT2D eigenvalue weighted by Crippen LogP contribution is -2.05. The van der Waals surface area contributed by atoms with Crippen molar-refractivity contribution in [2.45, 2.75) is 32.9 Å². The summed E-state index contributed by atoms with van der Waals surface area (Å²) in [6, 6.07) is 13.0. The molecule has 0 radical (unpaired) electrons. The smallest absolute Gasteiger partial charge is 0.288 e. The summed E-state index contributed by atoms with van der Waals surface area (Å²) in [7, 11) is 0. The Morgan fingerprint density at radius 1 is 1.19 bits per heavy atom. The van der Waals surface area contributed by atoms with Crippen LogP contribution < -0.4 is 4.74 Å². The predicted octanol–water partition coefficient (Wildman–Crippen LogP) is 5.48. The summed E-state index contributed by atoms with van der Waals surface area (Å²) in [5.74, 6) is 0.733. The molecule has 0 saturated carbocycles. The largest absolute Gasteiger partial charge is 0.489 e. The summed E-state index contributed by atoms with van der Waals surface area (Å²) in [6.45, 7) is 4.25. The van der Waals surface area contributed by atoms with Gasteiger partial charge in [-0.25, -0.2) is 0 Å². The molecule has 2 aromatic carbocycles. The average molecular weight is 439 g/mol. The molecule has 31 heavy (non-hydrogen) atoms. The van der Waals surface area contributed by atoms with Crippen LogP contribution in [0.3, 0.4) is 0 Å². The molecule has 0 aliphatic carbocycles. The third kappa shape index (κ3) is 4.49. The molecule has 1 amide bonds. The SMILES string of the molecule is CC(C)Oc1ccc(-c2nc(-c3ccc4c(ccn4CCC(=O)N=O)c3)no2)cc1Cl. The number of carbonyl (C=O) groups excluding carboxylic acids is 1. The molecule has 4 aromatic rings. The van der Waals surface area contributed by atoms with Crippen molar-refractivity contribution in [3.05, 3.63) is 58.6 Å². The fourth-order valence-corrected chi connectivity index (χ4v) is 3.46. The molecule has 4 rings (SSSR count). The molecule has 9 heteroatoms. The molecule has 0 atom stereocenters. The lowest BCUT2D eigenvalue weighted by Gasteiger charge is -2.11. The normalized spacial score (nSPS) is 11.2. The number of nitroso groups, excluding NO2 is 1. The van der Waals surface area contributed by atoms with Crippen molar-refractivity contribution in [3.63, 3.8) is 0 Å². The Bertz CT molecular complexity index is 1260. The zero-order chi connectivity index (χ0) is 22.0. The summed E-state index contributed by atoms with van der Waals surface area (Å²) < 4.78 is 13.0. The minimum absolute atomic E-state index is 0.0188. The Labute approximate surface area is 182 Å². The van der Waals surface area contributed by atoms with Gasteiger partial charge in [-0.2, -0.15) is 4.98 Å². The number of hydrogen-bond acceptors (Lipinski definition) is 6. The second kappa shape index (κ2) is 8.69. The number of ether oxygens (including phenoxy) is 1. The van der Waals surface area contributed by atoms with Crippen molar-refractivity contribution in [2.75, 3.05) is 0 Å². The van der Waals surface area contributed by atoms with E-state index < -0.39 is 5.91 Å². The van der Waals surface area contributed by atoms with Gasteiger partial charge in [0, 0.05) is 39.9 Å². The van der Waals surface area contributed by atoms with E-state index in [-0.39, 0.29) is 12.5 Å². The van der Waals surface area contributed by atoms with Crippen LogP contribution in [0.15, 0.2) is 58.4 Å². The van der Waals surface area contributed by atoms with Gasteiger partial charge in [-0.3, -0.25) is 4.79 Å². The van der Waals surface area contributed by atoms with E-state index in [4.69, 9.17) is 20.9 Å². The topological polar surface area (TPSA) is 99.6 Å². The van der Waals surface area contributed by atoms with Crippen molar-refractivity contribution >= 4 is 28.4 Å². The van der Waals surface area contributed by atoms with Gasteiger partial charge in [-0.05, 0) is 56.3 Å². The number of aromatic nitrogens is 3. The molecule has 0 aliphatic heterocycles. The minimum atomic E-state index is -0.665. The highest BCUT2D eigenvalue weighted by Gasteiger charge is 2.14. The van der Waals surface area contributed by atoms with Crippen molar-refractivity contribution in [1.82, 2.24) is 14.7 Å². The van der Waals surface area contributed by atoms with Crippen LogP contribution in [0.4, 0.5) is 0 Å². The highest BCUT2D eigenvalue weighted by atomic mass is 35.5. The Kier molecular flexibility index (Phi) is 5.81. The standard InChI is InChI=1S/C22H19ClN4O4/c1-13(2)30-19-6-4-16(12-17(19)23)22-24-21(26-31-22)15-3-5-18-14(11-15)7-9-27(18)10-8-20(28)25-29/h3-7,9,11-13H,8,10H2,1-2H3. The Hall–Kier alpha value is -3.52. The van der Waals surface area contributed by atoms with Crippen LogP contribution >= 0.6 is 11.6 Å². The van der Waals surface area contributed by atoms with Gasteiger partial charge in [0.2, 0.25) is 5.82 Å². The van der Waals surface area contributed by atoms with Crippen molar-refractivity contribution < 1.29 is 14.1 Å². The number of amides is 1. The first-order valence-corrected chi connectivity index (χ1v) is 10.1. The van der Waals surface area contributed by atoms with Gasteiger partial charge >= 0.3 is 0 Å². The highest BCUT2D eigenvalue weighted by Crippen LogP contribution is 2.32. The van der Waals surface area contributed by atoms with Crippen LogP contribution in [0.5, 0.6) is 5.75 Å². The maximum absolute atomic E-state index is 11.2. The molecule has 0 fully saturated rings. The summed E-state index contributed by atoms with van der Waals surface area (Å²) in [5.41, 5.74) is 2.41. The predicted molar refractivity (Wildman–Crippen MR) is 117 cm³/mol. The van der Waals surface area contributed by atoms with E-state index in [1.807, 2.05) is 54.9 Å². The molecule has 2 aromatic heterocycles. The van der Waals surface area contributed by atoms with Gasteiger partial charge in [0.1, 0.15) is 5.75 Å². The Morgan fingerprint density at radius 2 is 2.00 bits per heavy atom. The number of fused-ring (bicyclic) bond motifs is 1. The van der Waals surface area contributed by atoms with Crippen LogP contribution in [0.25, 0.3) is 33.7 Å². The first-order valence-electron chi connectivity index (χ1n) is 9.70. The number of rotatable bonds is 7. The summed E-state index contributed by atoms with van der Waals surface area (Å²) in [5, 5.41) is 7.94. The minimum Gasteiger partial charge on any atom is -0.489 e. The summed E-state index contributed by atoms with van der Waals surface area (Å²) in [4.78, 5) is 25.9. The van der Waals surface area contributed by atoms with Crippen molar-refractivity contribution in [2.24, 2.45) is 5.18 Å². The maximum atomic E-state index is 11.2. The quantitative estimate of drug-likeness (QED) is 0.354. The monoisotopic (exact) mass is 438 g/mol. The summed E-state index contributed by atoms with van der Waals surface area (Å²) >= 11 is 6.31. The van der Waals surface area contributed by atoms with Crippen LogP contribution in [0, 0.1) is 4.91 Å². The van der Waals surface area contributed by atoms with Gasteiger partial charge in [0.25, 0.3) is 11.8 Å². The molecular formula is C22H19ClN4O4. The molecule has 0 aliphatic rings. The second-order valence-electron chi connectivity index (χ2n) is 7.25. The molecule has 2 heterocycles. The molecule has 0 N–H and O–H groups in total. The second-order valence-corrected chi connectivity index (χ2v) is 7.66. The van der Waals surface area contributed by atoms with Gasteiger partial charge in [-0.1, -0.05) is 16.8 Å². The molecule has 8 nitrogen and oxygen atoms in total. The zero-order valence-electron chi connectivity index (χ0n) is 16.9. The number of carbonyl (C=O) groups is 1. The average Bonchev–Trinajstić information content (AvgIpc) is 3.40. The van der Waals surface area contributed by atoms with E-state index in [0.717, 1.165) is 16.5 Å². The first-order chi connectivity index (χ1) is 14.9. The van der Waals surface area contributed by atoms with Gasteiger partial charge in [0.05, 0.1) is 17.5 Å². The number of aryl methyl sites for hydroxylation is 1. The number of benzene rings is 2. The fourth-order valence-electron chi connectivity index (χ4n) is 3.24. The third-order valence-corrected chi connectivity index (χ3v) is 4.96. The maximum Gasteiger partial charge on any atom is 0.288 e.